The van der Waals surface area contributed by atoms with Crippen molar-refractivity contribution in [3.63, 3.8) is 0 Å². The van der Waals surface area contributed by atoms with Crippen molar-refractivity contribution < 1.29 is 13.2 Å². The normalized spacial score (nSPS) is 13.7. The van der Waals surface area contributed by atoms with Crippen LogP contribution in [0, 0.1) is 13.8 Å². The largest absolute Gasteiger partial charge is 0.389 e. The molecule has 0 aliphatic rings. The Balaban J connectivity index is 2.89. The summed E-state index contributed by atoms with van der Waals surface area (Å²) >= 11 is 3.42. The van der Waals surface area contributed by atoms with Gasteiger partial charge in [-0.2, -0.15) is 13.2 Å². The second-order valence-electron chi connectivity index (χ2n) is 4.34. The number of halogens is 4. The van der Waals surface area contributed by atoms with E-state index in [1.807, 2.05) is 26.0 Å². The molecule has 102 valence electrons. The van der Waals surface area contributed by atoms with Crippen molar-refractivity contribution in [3.8, 4) is 0 Å². The number of alkyl halides is 3. The predicted molar refractivity (Wildman–Crippen MR) is 69.0 cm³/mol. The molecular formula is C12H16BrF3N2. The highest BCUT2D eigenvalue weighted by Gasteiger charge is 2.28. The van der Waals surface area contributed by atoms with Crippen LogP contribution in [0.2, 0.25) is 0 Å². The van der Waals surface area contributed by atoms with Gasteiger partial charge in [0, 0.05) is 16.9 Å². The highest BCUT2D eigenvalue weighted by molar-refractivity contribution is 9.10. The maximum atomic E-state index is 12.2. The highest BCUT2D eigenvalue weighted by atomic mass is 79.9. The molecule has 1 rings (SSSR count). The predicted octanol–water partition coefficient (Wildman–Crippen LogP) is 3.91. The fraction of sp³-hybridized carbons (Fsp3) is 0.500. The third-order valence-electron chi connectivity index (χ3n) is 2.78. The summed E-state index contributed by atoms with van der Waals surface area (Å²) < 4.78 is 37.6. The standard InChI is InChI=1S/C12H16BrF3N2/c1-7-5-9(6-8(2)11(7)13)10(18-17)3-4-12(14,15)16/h5-6,10,18H,3-4,17H2,1-2H3. The Kier molecular flexibility index (Phi) is 5.19. The molecule has 6 heteroatoms. The lowest BCUT2D eigenvalue weighted by atomic mass is 9.98. The van der Waals surface area contributed by atoms with Crippen molar-refractivity contribution in [1.82, 2.24) is 5.43 Å². The molecular weight excluding hydrogens is 309 g/mol. The van der Waals surface area contributed by atoms with Gasteiger partial charge in [0.2, 0.25) is 0 Å². The molecule has 0 amide bonds. The SMILES string of the molecule is Cc1cc(C(CCC(F)(F)F)NN)cc(C)c1Br. The minimum absolute atomic E-state index is 0.0689. The zero-order valence-electron chi connectivity index (χ0n) is 10.2. The molecule has 0 aliphatic heterocycles. The smallest absolute Gasteiger partial charge is 0.271 e. The van der Waals surface area contributed by atoms with Gasteiger partial charge in [0.05, 0.1) is 0 Å². The first-order valence-corrected chi connectivity index (χ1v) is 6.33. The first-order valence-electron chi connectivity index (χ1n) is 5.54. The van der Waals surface area contributed by atoms with Crippen LogP contribution < -0.4 is 11.3 Å². The van der Waals surface area contributed by atoms with Crippen LogP contribution >= 0.6 is 15.9 Å². The number of nitrogens with one attached hydrogen (secondary N) is 1. The van der Waals surface area contributed by atoms with Crippen LogP contribution in [0.5, 0.6) is 0 Å². The Morgan fingerprint density at radius 1 is 1.28 bits per heavy atom. The van der Waals surface area contributed by atoms with Gasteiger partial charge in [0.1, 0.15) is 0 Å². The van der Waals surface area contributed by atoms with Crippen LogP contribution in [0.25, 0.3) is 0 Å². The number of aryl methyl sites for hydroxylation is 2. The van der Waals surface area contributed by atoms with Crippen LogP contribution in [0.3, 0.4) is 0 Å². The third kappa shape index (κ3) is 4.26. The average Bonchev–Trinajstić information content (AvgIpc) is 2.25. The number of hydrazine groups is 1. The van der Waals surface area contributed by atoms with Crippen LogP contribution in [0.15, 0.2) is 16.6 Å². The van der Waals surface area contributed by atoms with E-state index >= 15 is 0 Å². The summed E-state index contributed by atoms with van der Waals surface area (Å²) in [4.78, 5) is 0. The summed E-state index contributed by atoms with van der Waals surface area (Å²) in [6.07, 6.45) is -5.08. The number of nitrogens with two attached hydrogens (primary N) is 1. The van der Waals surface area contributed by atoms with Gasteiger partial charge in [-0.15, -0.1) is 0 Å². The lowest BCUT2D eigenvalue weighted by Crippen LogP contribution is -2.29. The van der Waals surface area contributed by atoms with Gasteiger partial charge in [0.15, 0.2) is 0 Å². The Morgan fingerprint density at radius 2 is 1.78 bits per heavy atom. The zero-order valence-corrected chi connectivity index (χ0v) is 11.8. The van der Waals surface area contributed by atoms with E-state index in [-0.39, 0.29) is 6.42 Å². The maximum absolute atomic E-state index is 12.2. The average molecular weight is 325 g/mol. The van der Waals surface area contributed by atoms with Crippen molar-refractivity contribution in [2.75, 3.05) is 0 Å². The topological polar surface area (TPSA) is 38.0 Å². The summed E-state index contributed by atoms with van der Waals surface area (Å²) in [5.74, 6) is 5.34. The molecule has 0 heterocycles. The second-order valence-corrected chi connectivity index (χ2v) is 5.13. The van der Waals surface area contributed by atoms with E-state index in [2.05, 4.69) is 21.4 Å². The first-order chi connectivity index (χ1) is 8.24. The Bertz CT molecular complexity index is 395. The fourth-order valence-electron chi connectivity index (χ4n) is 1.83. The minimum Gasteiger partial charge on any atom is -0.271 e. The molecule has 0 spiro atoms. The monoisotopic (exact) mass is 324 g/mol. The molecule has 2 nitrogen and oxygen atoms in total. The molecule has 0 aromatic heterocycles. The zero-order chi connectivity index (χ0) is 13.9. The molecule has 1 unspecified atom stereocenters. The van der Waals surface area contributed by atoms with Gasteiger partial charge < -0.3 is 0 Å². The minimum atomic E-state index is -4.16. The van der Waals surface area contributed by atoms with Crippen molar-refractivity contribution in [2.24, 2.45) is 5.84 Å². The molecule has 0 radical (unpaired) electrons. The number of hydrogen-bond donors (Lipinski definition) is 2. The van der Waals surface area contributed by atoms with E-state index in [0.717, 1.165) is 21.2 Å². The van der Waals surface area contributed by atoms with Crippen molar-refractivity contribution >= 4 is 15.9 Å². The van der Waals surface area contributed by atoms with E-state index in [1.165, 1.54) is 0 Å². The molecule has 0 aliphatic carbocycles. The second kappa shape index (κ2) is 6.04. The molecule has 1 aromatic carbocycles. The molecule has 1 aromatic rings. The summed E-state index contributed by atoms with van der Waals surface area (Å²) in [7, 11) is 0. The number of benzene rings is 1. The molecule has 3 N–H and O–H groups in total. The Hall–Kier alpha value is -0.590. The lowest BCUT2D eigenvalue weighted by molar-refractivity contribution is -0.136. The van der Waals surface area contributed by atoms with Gasteiger partial charge in [-0.25, -0.2) is 0 Å². The summed E-state index contributed by atoms with van der Waals surface area (Å²) in [6.45, 7) is 3.80. The van der Waals surface area contributed by atoms with Crippen molar-refractivity contribution in [1.29, 1.82) is 0 Å². The van der Waals surface area contributed by atoms with Gasteiger partial charge in [-0.1, -0.05) is 28.1 Å². The van der Waals surface area contributed by atoms with Gasteiger partial charge in [-0.05, 0) is 37.0 Å². The lowest BCUT2D eigenvalue weighted by Gasteiger charge is -2.19. The number of hydrogen-bond acceptors (Lipinski definition) is 2. The van der Waals surface area contributed by atoms with Crippen LogP contribution in [-0.2, 0) is 0 Å². The van der Waals surface area contributed by atoms with E-state index in [1.54, 1.807) is 0 Å². The molecule has 0 saturated carbocycles. The van der Waals surface area contributed by atoms with E-state index in [4.69, 9.17) is 5.84 Å². The molecule has 0 fully saturated rings. The highest BCUT2D eigenvalue weighted by Crippen LogP contribution is 2.30. The Morgan fingerprint density at radius 3 is 2.17 bits per heavy atom. The quantitative estimate of drug-likeness (QED) is 0.651. The van der Waals surface area contributed by atoms with Gasteiger partial charge in [0.25, 0.3) is 0 Å². The van der Waals surface area contributed by atoms with E-state index in [9.17, 15) is 13.2 Å². The maximum Gasteiger partial charge on any atom is 0.389 e. The van der Waals surface area contributed by atoms with E-state index in [0.29, 0.717) is 0 Å². The van der Waals surface area contributed by atoms with Gasteiger partial charge >= 0.3 is 6.18 Å². The summed E-state index contributed by atoms with van der Waals surface area (Å²) in [5.41, 5.74) is 5.19. The van der Waals surface area contributed by atoms with Crippen LogP contribution in [-0.4, -0.2) is 6.18 Å². The fourth-order valence-corrected chi connectivity index (χ4v) is 2.06. The molecule has 18 heavy (non-hydrogen) atoms. The van der Waals surface area contributed by atoms with Crippen molar-refractivity contribution in [3.05, 3.63) is 33.3 Å². The molecule has 0 bridgehead atoms. The van der Waals surface area contributed by atoms with Crippen molar-refractivity contribution in [2.45, 2.75) is 38.9 Å². The van der Waals surface area contributed by atoms with E-state index < -0.39 is 18.6 Å². The Labute approximate surface area is 113 Å². The van der Waals surface area contributed by atoms with Crippen LogP contribution in [0.1, 0.15) is 35.6 Å². The van der Waals surface area contributed by atoms with Crippen LogP contribution in [0.4, 0.5) is 13.2 Å². The van der Waals surface area contributed by atoms with Gasteiger partial charge in [-0.3, -0.25) is 11.3 Å². The molecule has 1 atom stereocenters. The third-order valence-corrected chi connectivity index (χ3v) is 4.03. The molecule has 0 saturated heterocycles. The summed E-state index contributed by atoms with van der Waals surface area (Å²) in [6, 6.07) is 3.20. The summed E-state index contributed by atoms with van der Waals surface area (Å²) in [5, 5.41) is 0. The number of rotatable bonds is 4. The first kappa shape index (κ1) is 15.5.